The molecule has 0 amide bonds. The molecule has 0 heterocycles. The molecule has 0 aliphatic carbocycles. The third-order valence-corrected chi connectivity index (χ3v) is 2.76. The van der Waals surface area contributed by atoms with E-state index < -0.39 is 0 Å². The summed E-state index contributed by atoms with van der Waals surface area (Å²) in [4.78, 5) is 0. The Labute approximate surface area is 89.4 Å². The minimum Gasteiger partial charge on any atom is -0.377 e. The fourth-order valence-electron chi connectivity index (χ4n) is 1.59. The van der Waals surface area contributed by atoms with Crippen LogP contribution in [0.15, 0.2) is 0 Å². The van der Waals surface area contributed by atoms with Crippen molar-refractivity contribution in [3.63, 3.8) is 0 Å². The third-order valence-electron chi connectivity index (χ3n) is 2.76. The fraction of sp³-hybridized carbons (Fsp3) is 1.00. The molecular formula is C12H27NO. The van der Waals surface area contributed by atoms with Gasteiger partial charge in [0.15, 0.2) is 0 Å². The molecule has 0 saturated heterocycles. The number of hydrogen-bond donors (Lipinski definition) is 1. The Morgan fingerprint density at radius 3 is 2.21 bits per heavy atom. The second-order valence-corrected chi connectivity index (χ2v) is 3.98. The predicted octanol–water partition coefficient (Wildman–Crippen LogP) is 2.83. The molecule has 1 atom stereocenters. The average molecular weight is 201 g/mol. The van der Waals surface area contributed by atoms with Crippen LogP contribution in [0.25, 0.3) is 0 Å². The summed E-state index contributed by atoms with van der Waals surface area (Å²) in [5, 5.41) is 3.19. The maximum Gasteiger partial charge on any atom is 0.0699 e. The van der Waals surface area contributed by atoms with E-state index in [1.807, 2.05) is 7.05 Å². The lowest BCUT2D eigenvalue weighted by molar-refractivity contribution is 0.0234. The lowest BCUT2D eigenvalue weighted by Gasteiger charge is -2.20. The molecule has 0 bridgehead atoms. The van der Waals surface area contributed by atoms with Crippen LogP contribution in [0.3, 0.4) is 0 Å². The first-order chi connectivity index (χ1) is 6.78. The maximum absolute atomic E-state index is 5.90. The van der Waals surface area contributed by atoms with Gasteiger partial charge in [-0.25, -0.2) is 0 Å². The first-order valence-electron chi connectivity index (χ1n) is 6.04. The van der Waals surface area contributed by atoms with Crippen molar-refractivity contribution in [2.75, 3.05) is 20.2 Å². The summed E-state index contributed by atoms with van der Waals surface area (Å²) < 4.78 is 5.90. The third kappa shape index (κ3) is 6.39. The summed E-state index contributed by atoms with van der Waals surface area (Å²) in [5.41, 5.74) is 0. The second kappa shape index (κ2) is 9.47. The standard InChI is InChI=1S/C12H27NO/c1-5-8-12(9-13-4)14-10-11(6-2)7-3/h11-13H,5-10H2,1-4H3. The molecule has 86 valence electrons. The Balaban J connectivity index is 3.67. The van der Waals surface area contributed by atoms with E-state index in [9.17, 15) is 0 Å². The molecule has 14 heavy (non-hydrogen) atoms. The van der Waals surface area contributed by atoms with Crippen LogP contribution in [0.1, 0.15) is 46.5 Å². The first kappa shape index (κ1) is 13.9. The number of likely N-dealkylation sites (N-methyl/N-ethyl adjacent to an activating group) is 1. The van der Waals surface area contributed by atoms with Crippen molar-refractivity contribution in [1.29, 1.82) is 0 Å². The SMILES string of the molecule is CCCC(CNC)OCC(CC)CC. The van der Waals surface area contributed by atoms with Crippen LogP contribution in [0.5, 0.6) is 0 Å². The largest absolute Gasteiger partial charge is 0.377 e. The van der Waals surface area contributed by atoms with Gasteiger partial charge >= 0.3 is 0 Å². The van der Waals surface area contributed by atoms with E-state index in [0.29, 0.717) is 6.10 Å². The summed E-state index contributed by atoms with van der Waals surface area (Å²) in [6, 6.07) is 0. The summed E-state index contributed by atoms with van der Waals surface area (Å²) in [6.45, 7) is 8.60. The minimum absolute atomic E-state index is 0.408. The van der Waals surface area contributed by atoms with E-state index in [2.05, 4.69) is 26.1 Å². The smallest absolute Gasteiger partial charge is 0.0699 e. The quantitative estimate of drug-likeness (QED) is 0.619. The van der Waals surface area contributed by atoms with Crippen molar-refractivity contribution in [1.82, 2.24) is 5.32 Å². The van der Waals surface area contributed by atoms with E-state index in [4.69, 9.17) is 4.74 Å². The van der Waals surface area contributed by atoms with E-state index in [1.54, 1.807) is 0 Å². The summed E-state index contributed by atoms with van der Waals surface area (Å²) >= 11 is 0. The van der Waals surface area contributed by atoms with Gasteiger partial charge in [-0.1, -0.05) is 40.0 Å². The normalized spacial score (nSPS) is 13.5. The van der Waals surface area contributed by atoms with Crippen LogP contribution in [0.4, 0.5) is 0 Å². The van der Waals surface area contributed by atoms with Crippen LogP contribution < -0.4 is 5.32 Å². The van der Waals surface area contributed by atoms with E-state index in [-0.39, 0.29) is 0 Å². The zero-order valence-electron chi connectivity index (χ0n) is 10.3. The Morgan fingerprint density at radius 1 is 1.14 bits per heavy atom. The highest BCUT2D eigenvalue weighted by Gasteiger charge is 2.10. The van der Waals surface area contributed by atoms with Crippen molar-refractivity contribution in [2.24, 2.45) is 5.92 Å². The Kier molecular flexibility index (Phi) is 9.42. The number of nitrogens with one attached hydrogen (secondary N) is 1. The average Bonchev–Trinajstić information content (AvgIpc) is 2.20. The van der Waals surface area contributed by atoms with Gasteiger partial charge in [0.25, 0.3) is 0 Å². The van der Waals surface area contributed by atoms with E-state index in [1.165, 1.54) is 25.7 Å². The predicted molar refractivity (Wildman–Crippen MR) is 62.6 cm³/mol. The fourth-order valence-corrected chi connectivity index (χ4v) is 1.59. The molecule has 2 heteroatoms. The molecule has 0 saturated carbocycles. The number of ether oxygens (including phenoxy) is 1. The molecular weight excluding hydrogens is 174 g/mol. The van der Waals surface area contributed by atoms with Crippen LogP contribution in [0, 0.1) is 5.92 Å². The Hall–Kier alpha value is -0.0800. The molecule has 0 aliphatic heterocycles. The van der Waals surface area contributed by atoms with Gasteiger partial charge in [-0.05, 0) is 19.4 Å². The lowest BCUT2D eigenvalue weighted by Crippen LogP contribution is -2.28. The van der Waals surface area contributed by atoms with Crippen molar-refractivity contribution in [2.45, 2.75) is 52.6 Å². The molecule has 2 nitrogen and oxygen atoms in total. The molecule has 0 aliphatic rings. The van der Waals surface area contributed by atoms with Gasteiger partial charge in [0.2, 0.25) is 0 Å². The van der Waals surface area contributed by atoms with Crippen LogP contribution in [0.2, 0.25) is 0 Å². The highest BCUT2D eigenvalue weighted by atomic mass is 16.5. The van der Waals surface area contributed by atoms with Gasteiger partial charge in [-0.15, -0.1) is 0 Å². The van der Waals surface area contributed by atoms with Crippen molar-refractivity contribution in [3.8, 4) is 0 Å². The molecule has 0 spiro atoms. The number of rotatable bonds is 9. The van der Waals surface area contributed by atoms with E-state index >= 15 is 0 Å². The summed E-state index contributed by atoms with van der Waals surface area (Å²) in [5.74, 6) is 0.742. The molecule has 0 rings (SSSR count). The molecule has 0 radical (unpaired) electrons. The molecule has 0 fully saturated rings. The monoisotopic (exact) mass is 201 g/mol. The van der Waals surface area contributed by atoms with Crippen molar-refractivity contribution < 1.29 is 4.74 Å². The van der Waals surface area contributed by atoms with Crippen LogP contribution >= 0.6 is 0 Å². The Morgan fingerprint density at radius 2 is 1.79 bits per heavy atom. The van der Waals surface area contributed by atoms with Crippen molar-refractivity contribution in [3.05, 3.63) is 0 Å². The lowest BCUT2D eigenvalue weighted by atomic mass is 10.1. The van der Waals surface area contributed by atoms with Gasteiger partial charge in [-0.2, -0.15) is 0 Å². The minimum atomic E-state index is 0.408. The van der Waals surface area contributed by atoms with Gasteiger partial charge < -0.3 is 10.1 Å². The van der Waals surface area contributed by atoms with E-state index in [0.717, 1.165) is 19.1 Å². The van der Waals surface area contributed by atoms with Crippen LogP contribution in [-0.2, 0) is 4.74 Å². The number of hydrogen-bond acceptors (Lipinski definition) is 2. The zero-order valence-corrected chi connectivity index (χ0v) is 10.3. The highest BCUT2D eigenvalue weighted by molar-refractivity contribution is 4.61. The Bertz CT molecular complexity index is 107. The van der Waals surface area contributed by atoms with Gasteiger partial charge in [-0.3, -0.25) is 0 Å². The second-order valence-electron chi connectivity index (χ2n) is 3.98. The topological polar surface area (TPSA) is 21.3 Å². The van der Waals surface area contributed by atoms with Crippen LogP contribution in [-0.4, -0.2) is 26.3 Å². The molecule has 0 aromatic rings. The molecule has 0 aromatic carbocycles. The first-order valence-corrected chi connectivity index (χ1v) is 6.04. The molecule has 0 aromatic heterocycles. The highest BCUT2D eigenvalue weighted by Crippen LogP contribution is 2.10. The molecule has 1 unspecified atom stereocenters. The van der Waals surface area contributed by atoms with Gasteiger partial charge in [0.1, 0.15) is 0 Å². The summed E-state index contributed by atoms with van der Waals surface area (Å²) in [7, 11) is 1.99. The maximum atomic E-state index is 5.90. The van der Waals surface area contributed by atoms with Crippen molar-refractivity contribution >= 4 is 0 Å². The molecule has 1 N–H and O–H groups in total. The summed E-state index contributed by atoms with van der Waals surface area (Å²) in [6.07, 6.45) is 5.24. The van der Waals surface area contributed by atoms with Gasteiger partial charge in [0.05, 0.1) is 6.10 Å². The van der Waals surface area contributed by atoms with Gasteiger partial charge in [0, 0.05) is 13.2 Å². The zero-order chi connectivity index (χ0) is 10.8.